The molecule has 3 rings (SSSR count). The van der Waals surface area contributed by atoms with Gasteiger partial charge in [0.05, 0.1) is 11.2 Å². The Morgan fingerprint density at radius 1 is 1.24 bits per heavy atom. The highest BCUT2D eigenvalue weighted by molar-refractivity contribution is 9.10. The monoisotopic (exact) mass is 345 g/mol. The van der Waals surface area contributed by atoms with Crippen molar-refractivity contribution in [3.8, 4) is 0 Å². The molecule has 21 heavy (non-hydrogen) atoms. The first kappa shape index (κ1) is 14.7. The van der Waals surface area contributed by atoms with Crippen LogP contribution < -0.4 is 5.32 Å². The van der Waals surface area contributed by atoms with Gasteiger partial charge < -0.3 is 5.32 Å². The highest BCUT2D eigenvalue weighted by Crippen LogP contribution is 2.25. The molecule has 1 N–H and O–H groups in total. The van der Waals surface area contributed by atoms with Crippen LogP contribution in [0.3, 0.4) is 0 Å². The van der Waals surface area contributed by atoms with Gasteiger partial charge in [0.2, 0.25) is 0 Å². The van der Waals surface area contributed by atoms with Crippen LogP contribution in [0.2, 0.25) is 0 Å². The van der Waals surface area contributed by atoms with Crippen LogP contribution in [-0.4, -0.2) is 29.5 Å². The third kappa shape index (κ3) is 3.51. The molecule has 1 aliphatic rings. The van der Waals surface area contributed by atoms with Crippen LogP contribution in [0.4, 0.5) is 0 Å². The van der Waals surface area contributed by atoms with Crippen LogP contribution in [-0.2, 0) is 12.1 Å². The fourth-order valence-corrected chi connectivity index (χ4v) is 3.17. The van der Waals surface area contributed by atoms with E-state index in [9.17, 15) is 0 Å². The maximum atomic E-state index is 4.48. The van der Waals surface area contributed by atoms with Crippen molar-refractivity contribution in [2.45, 2.75) is 19.0 Å². The van der Waals surface area contributed by atoms with E-state index >= 15 is 0 Å². The maximum Gasteiger partial charge on any atom is 0.0544 e. The predicted molar refractivity (Wildman–Crippen MR) is 89.0 cm³/mol. The predicted octanol–water partition coefficient (Wildman–Crippen LogP) is 3.16. The second-order valence-corrected chi connectivity index (χ2v) is 6.72. The van der Waals surface area contributed by atoms with Crippen LogP contribution >= 0.6 is 15.9 Å². The molecule has 1 atom stereocenters. The summed E-state index contributed by atoms with van der Waals surface area (Å²) in [7, 11) is 0. The summed E-state index contributed by atoms with van der Waals surface area (Å²) in [6.45, 7) is 6.23. The Hall–Kier alpha value is -1.23. The minimum Gasteiger partial charge on any atom is -0.305 e. The topological polar surface area (TPSA) is 28.2 Å². The Kier molecular flexibility index (Phi) is 4.38. The Labute approximate surface area is 134 Å². The van der Waals surface area contributed by atoms with Crippen LogP contribution in [0.25, 0.3) is 0 Å². The largest absolute Gasteiger partial charge is 0.305 e. The van der Waals surface area contributed by atoms with Crippen molar-refractivity contribution in [1.29, 1.82) is 0 Å². The minimum atomic E-state index is 0.00880. The lowest BCUT2D eigenvalue weighted by atomic mass is 9.89. The van der Waals surface area contributed by atoms with Crippen molar-refractivity contribution in [2.75, 3.05) is 19.6 Å². The van der Waals surface area contributed by atoms with Crippen molar-refractivity contribution in [3.63, 3.8) is 0 Å². The fraction of sp³-hybridized carbons (Fsp3) is 0.353. The smallest absolute Gasteiger partial charge is 0.0544 e. The number of piperazine rings is 1. The molecule has 0 saturated carbocycles. The van der Waals surface area contributed by atoms with E-state index < -0.39 is 0 Å². The van der Waals surface area contributed by atoms with Gasteiger partial charge in [-0.2, -0.15) is 0 Å². The van der Waals surface area contributed by atoms with Crippen LogP contribution in [0, 0.1) is 0 Å². The highest BCUT2D eigenvalue weighted by atomic mass is 79.9. The zero-order chi connectivity index (χ0) is 14.7. The van der Waals surface area contributed by atoms with Crippen molar-refractivity contribution in [3.05, 3.63) is 64.4 Å². The lowest BCUT2D eigenvalue weighted by molar-refractivity contribution is 0.135. The Morgan fingerprint density at radius 2 is 2.05 bits per heavy atom. The zero-order valence-electron chi connectivity index (χ0n) is 12.2. The third-order valence-corrected chi connectivity index (χ3v) is 4.54. The highest BCUT2D eigenvalue weighted by Gasteiger charge is 2.32. The van der Waals surface area contributed by atoms with Crippen molar-refractivity contribution in [1.82, 2.24) is 15.2 Å². The Morgan fingerprint density at radius 3 is 2.76 bits per heavy atom. The lowest BCUT2D eigenvalue weighted by Gasteiger charge is -2.41. The van der Waals surface area contributed by atoms with Crippen molar-refractivity contribution >= 4 is 15.9 Å². The number of hydrogen-bond donors (Lipinski definition) is 1. The molecule has 0 bridgehead atoms. The summed E-state index contributed by atoms with van der Waals surface area (Å²) in [5.74, 6) is 0. The zero-order valence-corrected chi connectivity index (χ0v) is 13.8. The van der Waals surface area contributed by atoms with E-state index in [1.807, 2.05) is 6.20 Å². The first-order valence-electron chi connectivity index (χ1n) is 7.29. The van der Waals surface area contributed by atoms with Crippen molar-refractivity contribution < 1.29 is 0 Å². The normalized spacial score (nSPS) is 23.1. The van der Waals surface area contributed by atoms with Gasteiger partial charge in [0, 0.05) is 36.8 Å². The van der Waals surface area contributed by atoms with E-state index in [1.54, 1.807) is 0 Å². The molecule has 1 unspecified atom stereocenters. The number of pyridine rings is 1. The number of benzene rings is 1. The van der Waals surface area contributed by atoms with Gasteiger partial charge in [-0.05, 0) is 40.5 Å². The molecule has 110 valence electrons. The van der Waals surface area contributed by atoms with Crippen molar-refractivity contribution in [2.24, 2.45) is 0 Å². The average molecular weight is 346 g/mol. The van der Waals surface area contributed by atoms with Gasteiger partial charge in [-0.3, -0.25) is 9.88 Å². The first-order chi connectivity index (χ1) is 10.2. The quantitative estimate of drug-likeness (QED) is 0.925. The second-order valence-electron chi connectivity index (χ2n) is 5.80. The maximum absolute atomic E-state index is 4.48. The van der Waals surface area contributed by atoms with E-state index in [2.05, 4.69) is 80.5 Å². The molecule has 1 fully saturated rings. The molecule has 0 amide bonds. The van der Waals surface area contributed by atoms with Gasteiger partial charge in [-0.25, -0.2) is 0 Å². The molecule has 2 heterocycles. The molecule has 1 saturated heterocycles. The molecule has 2 aromatic rings. The second kappa shape index (κ2) is 6.26. The van der Waals surface area contributed by atoms with Gasteiger partial charge in [-0.15, -0.1) is 0 Å². The van der Waals surface area contributed by atoms with E-state index in [4.69, 9.17) is 0 Å². The molecular weight excluding hydrogens is 326 g/mol. The standard InChI is InChI=1S/C17H20BrN3/c1-17(14-5-3-2-4-6-14)13-21(10-9-20-17)12-16-8-7-15(18)11-19-16/h2-8,11,20H,9-10,12-13H2,1H3. The molecule has 1 aliphatic heterocycles. The molecule has 1 aromatic heterocycles. The summed E-state index contributed by atoms with van der Waals surface area (Å²) in [5.41, 5.74) is 2.48. The summed E-state index contributed by atoms with van der Waals surface area (Å²) in [6.07, 6.45) is 1.87. The van der Waals surface area contributed by atoms with E-state index in [1.165, 1.54) is 5.56 Å². The lowest BCUT2D eigenvalue weighted by Crippen LogP contribution is -2.56. The minimum absolute atomic E-state index is 0.00880. The first-order valence-corrected chi connectivity index (χ1v) is 8.08. The number of aromatic nitrogens is 1. The van der Waals surface area contributed by atoms with Gasteiger partial charge in [0.1, 0.15) is 0 Å². The number of nitrogens with zero attached hydrogens (tertiary/aromatic N) is 2. The number of rotatable bonds is 3. The number of nitrogens with one attached hydrogen (secondary N) is 1. The van der Waals surface area contributed by atoms with Gasteiger partial charge in [0.15, 0.2) is 0 Å². The molecule has 1 aromatic carbocycles. The Balaban J connectivity index is 1.72. The SMILES string of the molecule is CC1(c2ccccc2)CN(Cc2ccc(Br)cn2)CCN1. The Bertz CT molecular complexity index is 585. The van der Waals surface area contributed by atoms with E-state index in [-0.39, 0.29) is 5.54 Å². The van der Waals surface area contributed by atoms with E-state index in [0.29, 0.717) is 0 Å². The van der Waals surface area contributed by atoms with Crippen LogP contribution in [0.5, 0.6) is 0 Å². The molecule has 3 nitrogen and oxygen atoms in total. The summed E-state index contributed by atoms with van der Waals surface area (Å²) in [4.78, 5) is 6.96. The number of hydrogen-bond acceptors (Lipinski definition) is 3. The van der Waals surface area contributed by atoms with Crippen LogP contribution in [0.1, 0.15) is 18.2 Å². The van der Waals surface area contributed by atoms with Gasteiger partial charge in [0.25, 0.3) is 0 Å². The molecule has 0 spiro atoms. The molecule has 4 heteroatoms. The van der Waals surface area contributed by atoms with E-state index in [0.717, 1.165) is 36.3 Å². The molecule has 0 aliphatic carbocycles. The summed E-state index contributed by atoms with van der Waals surface area (Å²) < 4.78 is 1.03. The van der Waals surface area contributed by atoms with Gasteiger partial charge >= 0.3 is 0 Å². The molecule has 0 radical (unpaired) electrons. The summed E-state index contributed by atoms with van der Waals surface area (Å²) in [5, 5.41) is 3.67. The number of halogens is 1. The summed E-state index contributed by atoms with van der Waals surface area (Å²) >= 11 is 3.43. The van der Waals surface area contributed by atoms with Crippen LogP contribution in [0.15, 0.2) is 53.1 Å². The fourth-order valence-electron chi connectivity index (χ4n) is 2.94. The third-order valence-electron chi connectivity index (χ3n) is 4.07. The average Bonchev–Trinajstić information content (AvgIpc) is 2.51. The molecular formula is C17H20BrN3. The summed E-state index contributed by atoms with van der Waals surface area (Å²) in [6, 6.07) is 14.8. The van der Waals surface area contributed by atoms with Gasteiger partial charge in [-0.1, -0.05) is 30.3 Å².